The fraction of sp³-hybridized carbons (Fsp3) is 0.150. The van der Waals surface area contributed by atoms with Gasteiger partial charge in [0.2, 0.25) is 5.89 Å². The number of aromatic nitrogens is 2. The van der Waals surface area contributed by atoms with Gasteiger partial charge in [-0.15, -0.1) is 0 Å². The summed E-state index contributed by atoms with van der Waals surface area (Å²) in [7, 11) is 0. The Labute approximate surface area is 139 Å². The van der Waals surface area contributed by atoms with E-state index in [0.717, 1.165) is 29.7 Å². The molecule has 0 saturated heterocycles. The summed E-state index contributed by atoms with van der Waals surface area (Å²) in [4.78, 5) is 20.5. The van der Waals surface area contributed by atoms with Crippen LogP contribution in [-0.4, -0.2) is 15.8 Å². The van der Waals surface area contributed by atoms with Crippen LogP contribution < -0.4 is 0 Å². The van der Waals surface area contributed by atoms with Crippen molar-refractivity contribution in [3.63, 3.8) is 0 Å². The summed E-state index contributed by atoms with van der Waals surface area (Å²) in [6.07, 6.45) is 3.91. The Morgan fingerprint density at radius 1 is 1.00 bits per heavy atom. The van der Waals surface area contributed by atoms with Crippen LogP contribution >= 0.6 is 0 Å². The number of nitrogens with zero attached hydrogens (tertiary/aromatic N) is 2. The Bertz CT molecular complexity index is 962. The standard InChI is InChI=1S/C20H14N2O2/c23-19-8-4-7-18-17(19)12-10-15(22-18)9-11-16-13-21-20(24-16)14-5-2-1-3-6-14/h1-3,5-6,10,12-13H,4,7-8H2. The van der Waals surface area contributed by atoms with Crippen molar-refractivity contribution in [3.05, 3.63) is 71.4 Å². The number of hydrogen-bond acceptors (Lipinski definition) is 4. The zero-order valence-electron chi connectivity index (χ0n) is 13.0. The van der Waals surface area contributed by atoms with Gasteiger partial charge < -0.3 is 4.42 Å². The Balaban J connectivity index is 1.59. The maximum atomic E-state index is 11.8. The highest BCUT2D eigenvalue weighted by atomic mass is 16.4. The van der Waals surface area contributed by atoms with E-state index >= 15 is 0 Å². The molecule has 4 nitrogen and oxygen atoms in total. The first kappa shape index (κ1) is 14.4. The van der Waals surface area contributed by atoms with Crippen molar-refractivity contribution >= 4 is 5.78 Å². The molecule has 0 spiro atoms. The third-order valence-electron chi connectivity index (χ3n) is 3.93. The van der Waals surface area contributed by atoms with E-state index in [9.17, 15) is 4.79 Å². The molecule has 3 aromatic rings. The number of hydrogen-bond donors (Lipinski definition) is 0. The lowest BCUT2D eigenvalue weighted by Crippen LogP contribution is -2.12. The summed E-state index contributed by atoms with van der Waals surface area (Å²) < 4.78 is 5.65. The fourth-order valence-corrected chi connectivity index (χ4v) is 2.74. The van der Waals surface area contributed by atoms with Gasteiger partial charge in [0.25, 0.3) is 0 Å². The molecule has 0 fully saturated rings. The number of aryl methyl sites for hydroxylation is 1. The number of rotatable bonds is 1. The molecular weight excluding hydrogens is 300 g/mol. The number of pyridine rings is 1. The van der Waals surface area contributed by atoms with Crippen molar-refractivity contribution in [1.82, 2.24) is 9.97 Å². The van der Waals surface area contributed by atoms with Crippen molar-refractivity contribution < 1.29 is 9.21 Å². The van der Waals surface area contributed by atoms with Gasteiger partial charge in [0.15, 0.2) is 11.5 Å². The van der Waals surface area contributed by atoms with Crippen LogP contribution in [0.5, 0.6) is 0 Å². The van der Waals surface area contributed by atoms with Gasteiger partial charge in [-0.25, -0.2) is 9.97 Å². The van der Waals surface area contributed by atoms with Crippen molar-refractivity contribution in [2.45, 2.75) is 19.3 Å². The third-order valence-corrected chi connectivity index (χ3v) is 3.93. The van der Waals surface area contributed by atoms with Gasteiger partial charge in [0.1, 0.15) is 5.69 Å². The van der Waals surface area contributed by atoms with Crippen LogP contribution in [-0.2, 0) is 6.42 Å². The Hall–Kier alpha value is -3.19. The summed E-state index contributed by atoms with van der Waals surface area (Å²) in [5.41, 5.74) is 3.13. The largest absolute Gasteiger partial charge is 0.428 e. The van der Waals surface area contributed by atoms with Crippen LogP contribution in [0.25, 0.3) is 11.5 Å². The van der Waals surface area contributed by atoms with Gasteiger partial charge >= 0.3 is 0 Å². The Morgan fingerprint density at radius 2 is 1.88 bits per heavy atom. The van der Waals surface area contributed by atoms with E-state index in [1.54, 1.807) is 12.3 Å². The zero-order chi connectivity index (χ0) is 16.4. The van der Waals surface area contributed by atoms with E-state index in [2.05, 4.69) is 21.8 Å². The SMILES string of the molecule is O=C1CCCc2nc(C#Cc3cnc(-c4ccccc4)o3)ccc21. The van der Waals surface area contributed by atoms with Gasteiger partial charge in [-0.3, -0.25) is 4.79 Å². The lowest BCUT2D eigenvalue weighted by molar-refractivity contribution is 0.0971. The average molecular weight is 314 g/mol. The summed E-state index contributed by atoms with van der Waals surface area (Å²) in [5.74, 6) is 7.13. The molecule has 2 aromatic heterocycles. The molecule has 0 atom stereocenters. The van der Waals surface area contributed by atoms with Crippen LogP contribution in [0.15, 0.2) is 53.1 Å². The second-order valence-electron chi connectivity index (χ2n) is 5.61. The molecule has 0 unspecified atom stereocenters. The topological polar surface area (TPSA) is 56.0 Å². The highest BCUT2D eigenvalue weighted by Gasteiger charge is 2.18. The smallest absolute Gasteiger partial charge is 0.227 e. The van der Waals surface area contributed by atoms with Crippen molar-refractivity contribution in [3.8, 4) is 23.3 Å². The molecule has 1 aliphatic rings. The maximum Gasteiger partial charge on any atom is 0.227 e. The quantitative estimate of drug-likeness (QED) is 0.643. The first-order valence-electron chi connectivity index (χ1n) is 7.86. The van der Waals surface area contributed by atoms with Crippen LogP contribution in [0, 0.1) is 11.8 Å². The zero-order valence-corrected chi connectivity index (χ0v) is 13.0. The normalized spacial score (nSPS) is 13.1. The minimum atomic E-state index is 0.172. The minimum absolute atomic E-state index is 0.172. The van der Waals surface area contributed by atoms with Crippen molar-refractivity contribution in [2.24, 2.45) is 0 Å². The number of benzene rings is 1. The molecule has 1 aromatic carbocycles. The number of carbonyl (C=O) groups is 1. The molecule has 1 aliphatic carbocycles. The van der Waals surface area contributed by atoms with Crippen LogP contribution in [0.2, 0.25) is 0 Å². The van der Waals surface area contributed by atoms with Crippen molar-refractivity contribution in [1.29, 1.82) is 0 Å². The van der Waals surface area contributed by atoms with E-state index in [-0.39, 0.29) is 5.78 Å². The Morgan fingerprint density at radius 3 is 2.75 bits per heavy atom. The summed E-state index contributed by atoms with van der Waals surface area (Å²) >= 11 is 0. The molecule has 0 saturated carbocycles. The number of fused-ring (bicyclic) bond motifs is 1. The number of ketones is 1. The summed E-state index contributed by atoms with van der Waals surface area (Å²) in [6, 6.07) is 13.3. The van der Waals surface area contributed by atoms with E-state index in [1.807, 2.05) is 36.4 Å². The van der Waals surface area contributed by atoms with E-state index < -0.39 is 0 Å². The molecule has 2 heterocycles. The van der Waals surface area contributed by atoms with Crippen LogP contribution in [0.1, 0.15) is 40.3 Å². The highest BCUT2D eigenvalue weighted by Crippen LogP contribution is 2.20. The Kier molecular flexibility index (Phi) is 3.68. The molecule has 116 valence electrons. The highest BCUT2D eigenvalue weighted by molar-refractivity contribution is 5.98. The first-order valence-corrected chi connectivity index (χ1v) is 7.86. The monoisotopic (exact) mass is 314 g/mol. The number of carbonyl (C=O) groups excluding carboxylic acids is 1. The number of Topliss-reactive ketones (excluding diaryl/α,β-unsaturated/α-hetero) is 1. The second kappa shape index (κ2) is 6.13. The van der Waals surface area contributed by atoms with Crippen LogP contribution in [0.4, 0.5) is 0 Å². The molecule has 0 radical (unpaired) electrons. The van der Waals surface area contributed by atoms with Gasteiger partial charge in [-0.05, 0) is 48.9 Å². The van der Waals surface area contributed by atoms with Gasteiger partial charge in [-0.1, -0.05) is 18.2 Å². The second-order valence-corrected chi connectivity index (χ2v) is 5.61. The van der Waals surface area contributed by atoms with Crippen molar-refractivity contribution in [2.75, 3.05) is 0 Å². The average Bonchev–Trinajstić information content (AvgIpc) is 3.10. The molecule has 0 N–H and O–H groups in total. The molecule has 0 amide bonds. The van der Waals surface area contributed by atoms with E-state index in [0.29, 0.717) is 23.8 Å². The molecule has 4 heteroatoms. The van der Waals surface area contributed by atoms with E-state index in [4.69, 9.17) is 4.42 Å². The van der Waals surface area contributed by atoms with E-state index in [1.165, 1.54) is 0 Å². The molecule has 4 rings (SSSR count). The predicted molar refractivity (Wildman–Crippen MR) is 89.4 cm³/mol. The summed E-state index contributed by atoms with van der Waals surface area (Å²) in [5, 5.41) is 0. The molecule has 0 aliphatic heterocycles. The minimum Gasteiger partial charge on any atom is -0.428 e. The van der Waals surface area contributed by atoms with Gasteiger partial charge in [-0.2, -0.15) is 0 Å². The lowest BCUT2D eigenvalue weighted by atomic mass is 9.94. The maximum absolute atomic E-state index is 11.8. The number of oxazole rings is 1. The lowest BCUT2D eigenvalue weighted by Gasteiger charge is -2.12. The van der Waals surface area contributed by atoms with Gasteiger partial charge in [0, 0.05) is 17.5 Å². The fourth-order valence-electron chi connectivity index (χ4n) is 2.74. The molecule has 24 heavy (non-hydrogen) atoms. The molecule has 0 bridgehead atoms. The first-order chi connectivity index (χ1) is 11.8. The van der Waals surface area contributed by atoms with Crippen LogP contribution in [0.3, 0.4) is 0 Å². The third kappa shape index (κ3) is 2.84. The molecular formula is C20H14N2O2. The summed E-state index contributed by atoms with van der Waals surface area (Å²) in [6.45, 7) is 0. The van der Waals surface area contributed by atoms with Gasteiger partial charge in [0.05, 0.1) is 11.9 Å². The predicted octanol–water partition coefficient (Wildman–Crippen LogP) is 3.66.